The van der Waals surface area contributed by atoms with Gasteiger partial charge in [0.15, 0.2) is 6.29 Å². The average Bonchev–Trinajstić information content (AvgIpc) is 3.17. The molecular weight excluding hydrogens is 743 g/mol. The minimum atomic E-state index is -1.84. The summed E-state index contributed by atoms with van der Waals surface area (Å²) in [6.45, 7) is 14.4. The molecule has 2 aliphatic heterocycles. The molecule has 2 fully saturated rings. The molecule has 326 valence electrons. The third-order valence-electron chi connectivity index (χ3n) is 12.5. The molecule has 4 rings (SSSR count). The van der Waals surface area contributed by atoms with Crippen molar-refractivity contribution in [3.63, 3.8) is 0 Å². The van der Waals surface area contributed by atoms with E-state index in [9.17, 15) is 30.0 Å². The Bertz CT molecular complexity index is 1540. The van der Waals surface area contributed by atoms with Crippen LogP contribution in [0.5, 0.6) is 0 Å². The van der Waals surface area contributed by atoms with Crippen LogP contribution >= 0.6 is 0 Å². The quantitative estimate of drug-likeness (QED) is 0.225. The Kier molecular flexibility index (Phi) is 16.7. The molecule has 13 nitrogen and oxygen atoms in total. The molecule has 1 amide bonds. The summed E-state index contributed by atoms with van der Waals surface area (Å²) in [6, 6.07) is 18.7. The number of aliphatic hydroxyl groups is 4. The Balaban J connectivity index is 1.77. The number of likely N-dealkylation sites (N-methyl/N-ethyl adjacent to an activating group) is 2. The van der Waals surface area contributed by atoms with Crippen LogP contribution in [0.25, 0.3) is 0 Å². The number of esters is 1. The predicted octanol–water partition coefficient (Wildman–Crippen LogP) is 4.54. The number of aliphatic hydroxyl groups excluding tert-OH is 2. The van der Waals surface area contributed by atoms with Gasteiger partial charge >= 0.3 is 12.1 Å². The topological polar surface area (TPSA) is 170 Å². The number of carbonyl (C=O) groups excluding carboxylic acids is 2. The van der Waals surface area contributed by atoms with Crippen LogP contribution in [0.1, 0.15) is 91.7 Å². The van der Waals surface area contributed by atoms with E-state index in [1.54, 1.807) is 34.6 Å². The molecule has 2 saturated heterocycles. The Hall–Kier alpha value is -3.14. The molecule has 0 bridgehead atoms. The van der Waals surface area contributed by atoms with Crippen LogP contribution in [-0.2, 0) is 23.7 Å². The van der Waals surface area contributed by atoms with E-state index in [0.29, 0.717) is 13.0 Å². The fourth-order valence-corrected chi connectivity index (χ4v) is 9.08. The van der Waals surface area contributed by atoms with Crippen molar-refractivity contribution in [2.24, 2.45) is 17.8 Å². The molecule has 2 aromatic carbocycles. The largest absolute Gasteiger partial charge is 0.459 e. The molecule has 2 heterocycles. The van der Waals surface area contributed by atoms with Crippen molar-refractivity contribution in [2.45, 2.75) is 147 Å². The van der Waals surface area contributed by atoms with Gasteiger partial charge in [0.05, 0.1) is 23.7 Å². The highest BCUT2D eigenvalue weighted by molar-refractivity contribution is 5.74. The fourth-order valence-electron chi connectivity index (χ4n) is 9.08. The number of nitrogens with one attached hydrogen (secondary N) is 1. The zero-order valence-corrected chi connectivity index (χ0v) is 36.4. The smallest absolute Gasteiger partial charge is 0.407 e. The molecule has 13 heteroatoms. The van der Waals surface area contributed by atoms with Crippen LogP contribution in [0, 0.1) is 17.8 Å². The minimum Gasteiger partial charge on any atom is -0.459 e. The highest BCUT2D eigenvalue weighted by Crippen LogP contribution is 2.38. The molecule has 5 N–H and O–H groups in total. The van der Waals surface area contributed by atoms with E-state index in [0.717, 1.165) is 11.1 Å². The van der Waals surface area contributed by atoms with Crippen LogP contribution < -0.4 is 5.32 Å². The zero-order valence-electron chi connectivity index (χ0n) is 36.4. The molecule has 2 aliphatic rings. The normalized spacial score (nSPS) is 37.4. The standard InChI is InChI=1S/C45H71N3O10/c1-12-36-45(8,54)39(50)31(6)48(11)26-27(2)24-44(7,53)40(58-42-37(49)35(47(9)10)23-28(3)55-42)29(4)38(30(5)41(51)56-36)57-43(52)46-25-34(32-19-15-13-16-20-32)33-21-17-14-18-22-33/h13-22,27-31,34-40,42,49-50,53-54H,12,23-26H2,1-11H3,(H,46,52). The third kappa shape index (κ3) is 11.6. The SMILES string of the molecule is CCC1OC(=O)C(C)C(OC(=O)NCC(c2ccccc2)c2ccccc2)C(C)C(OC2OC(C)CC(N(C)C)C2O)C(C)(O)CC(C)CN(C)C(C)C(O)C1(C)O. The lowest BCUT2D eigenvalue weighted by Crippen LogP contribution is -2.59. The lowest BCUT2D eigenvalue weighted by molar-refractivity contribution is -0.299. The van der Waals surface area contributed by atoms with E-state index >= 15 is 0 Å². The number of nitrogens with zero attached hydrogens (tertiary/aromatic N) is 2. The molecule has 58 heavy (non-hydrogen) atoms. The number of carbonyl (C=O) groups is 2. The number of ether oxygens (including phenoxy) is 4. The van der Waals surface area contributed by atoms with E-state index in [4.69, 9.17) is 18.9 Å². The van der Waals surface area contributed by atoms with Crippen LogP contribution in [0.15, 0.2) is 60.7 Å². The molecule has 0 saturated carbocycles. The molecule has 2 aromatic rings. The lowest BCUT2D eigenvalue weighted by Gasteiger charge is -2.47. The molecule has 14 atom stereocenters. The Morgan fingerprint density at radius 1 is 0.983 bits per heavy atom. The number of hydrogen-bond donors (Lipinski definition) is 5. The van der Waals surface area contributed by atoms with Gasteiger partial charge in [-0.1, -0.05) is 81.4 Å². The number of benzene rings is 2. The molecule has 0 radical (unpaired) electrons. The molecule has 0 spiro atoms. The molecule has 14 unspecified atom stereocenters. The number of alkyl carbamates (subject to hydrolysis) is 1. The lowest BCUT2D eigenvalue weighted by atomic mass is 9.77. The van der Waals surface area contributed by atoms with Crippen molar-refractivity contribution in [3.05, 3.63) is 71.8 Å². The minimum absolute atomic E-state index is 0.179. The van der Waals surface area contributed by atoms with Crippen LogP contribution in [0.2, 0.25) is 0 Å². The fraction of sp³-hybridized carbons (Fsp3) is 0.689. The van der Waals surface area contributed by atoms with Crippen molar-refractivity contribution >= 4 is 12.1 Å². The first-order valence-corrected chi connectivity index (χ1v) is 20.9. The van der Waals surface area contributed by atoms with Crippen molar-refractivity contribution in [1.29, 1.82) is 0 Å². The highest BCUT2D eigenvalue weighted by atomic mass is 16.7. The first-order valence-electron chi connectivity index (χ1n) is 20.9. The summed E-state index contributed by atoms with van der Waals surface area (Å²) < 4.78 is 25.1. The maximum absolute atomic E-state index is 14.2. The van der Waals surface area contributed by atoms with Crippen LogP contribution in [-0.4, -0.2) is 143 Å². The Morgan fingerprint density at radius 3 is 2.09 bits per heavy atom. The number of amides is 1. The second kappa shape index (κ2) is 20.4. The van der Waals surface area contributed by atoms with Crippen molar-refractivity contribution in [1.82, 2.24) is 15.1 Å². The average molecular weight is 814 g/mol. The van der Waals surface area contributed by atoms with Gasteiger partial charge in [0.1, 0.15) is 30.0 Å². The van der Waals surface area contributed by atoms with E-state index in [1.807, 2.05) is 105 Å². The summed E-state index contributed by atoms with van der Waals surface area (Å²) in [5.41, 5.74) is -1.48. The van der Waals surface area contributed by atoms with Crippen molar-refractivity contribution < 1.29 is 49.0 Å². The summed E-state index contributed by atoms with van der Waals surface area (Å²) in [4.78, 5) is 32.1. The van der Waals surface area contributed by atoms with Gasteiger partial charge in [0.25, 0.3) is 0 Å². The maximum Gasteiger partial charge on any atom is 0.407 e. The second-order valence-electron chi connectivity index (χ2n) is 17.8. The first-order chi connectivity index (χ1) is 27.2. The van der Waals surface area contributed by atoms with E-state index in [1.165, 1.54) is 6.92 Å². The molecule has 0 aliphatic carbocycles. The second-order valence-corrected chi connectivity index (χ2v) is 17.8. The van der Waals surface area contributed by atoms with Gasteiger partial charge in [0, 0.05) is 37.0 Å². The molecular formula is C45H71N3O10. The predicted molar refractivity (Wildman–Crippen MR) is 222 cm³/mol. The van der Waals surface area contributed by atoms with E-state index in [-0.39, 0.29) is 43.4 Å². The van der Waals surface area contributed by atoms with Gasteiger partial charge in [-0.05, 0) is 92.1 Å². The first kappa shape index (κ1) is 47.5. The maximum atomic E-state index is 14.2. The van der Waals surface area contributed by atoms with Gasteiger partial charge in [-0.25, -0.2) is 4.79 Å². The Morgan fingerprint density at radius 2 is 1.55 bits per heavy atom. The monoisotopic (exact) mass is 814 g/mol. The Labute approximate surface area is 346 Å². The van der Waals surface area contributed by atoms with Crippen molar-refractivity contribution in [3.8, 4) is 0 Å². The van der Waals surface area contributed by atoms with Crippen molar-refractivity contribution in [2.75, 3.05) is 34.2 Å². The van der Waals surface area contributed by atoms with Gasteiger partial charge < -0.3 is 54.5 Å². The van der Waals surface area contributed by atoms with Crippen LogP contribution in [0.3, 0.4) is 0 Å². The number of rotatable bonds is 9. The summed E-state index contributed by atoms with van der Waals surface area (Å²) in [6.07, 6.45) is -7.17. The zero-order chi connectivity index (χ0) is 43.1. The molecule has 0 aromatic heterocycles. The summed E-state index contributed by atoms with van der Waals surface area (Å²) >= 11 is 0. The summed E-state index contributed by atoms with van der Waals surface area (Å²) in [7, 11) is 5.58. The van der Waals surface area contributed by atoms with E-state index < -0.39 is 78.0 Å². The number of hydrogen-bond acceptors (Lipinski definition) is 12. The summed E-state index contributed by atoms with van der Waals surface area (Å²) in [5, 5.41) is 50.3. The number of cyclic esters (lactones) is 1. The summed E-state index contributed by atoms with van der Waals surface area (Å²) in [5.74, 6) is -3.18. The van der Waals surface area contributed by atoms with Crippen LogP contribution in [0.4, 0.5) is 4.79 Å². The highest BCUT2D eigenvalue weighted by Gasteiger charge is 2.51. The third-order valence-corrected chi connectivity index (χ3v) is 12.5. The van der Waals surface area contributed by atoms with Gasteiger partial charge in [-0.3, -0.25) is 4.79 Å². The van der Waals surface area contributed by atoms with Gasteiger partial charge in [0.2, 0.25) is 0 Å². The van der Waals surface area contributed by atoms with Gasteiger partial charge in [-0.2, -0.15) is 0 Å². The van der Waals surface area contributed by atoms with Gasteiger partial charge in [-0.15, -0.1) is 0 Å². The van der Waals surface area contributed by atoms with E-state index in [2.05, 4.69) is 5.32 Å².